The smallest absolute Gasteiger partial charge is 0.417 e. The third kappa shape index (κ3) is 9.06. The van der Waals surface area contributed by atoms with Crippen molar-refractivity contribution in [2.45, 2.75) is 102 Å². The minimum Gasteiger partial charge on any atom is -0.457 e. The van der Waals surface area contributed by atoms with Gasteiger partial charge in [-0.1, -0.05) is 54.5 Å². The first kappa shape index (κ1) is 45.3. The highest BCUT2D eigenvalue weighted by atomic mass is 35.5. The van der Waals surface area contributed by atoms with Gasteiger partial charge >= 0.3 is 18.2 Å². The Balaban J connectivity index is 1.35. The molecule has 3 aliphatic rings. The van der Waals surface area contributed by atoms with Crippen LogP contribution in [0.4, 0.5) is 29.3 Å². The van der Waals surface area contributed by atoms with Gasteiger partial charge in [0.1, 0.15) is 30.0 Å². The molecule has 3 aliphatic heterocycles. The maximum absolute atomic E-state index is 14.5. The molecular weight excluding hydrogens is 823 g/mol. The zero-order valence-corrected chi connectivity index (χ0v) is 35.7. The van der Waals surface area contributed by atoms with E-state index in [2.05, 4.69) is 10.3 Å². The highest BCUT2D eigenvalue weighted by Crippen LogP contribution is 2.49. The van der Waals surface area contributed by atoms with Gasteiger partial charge in [0.05, 0.1) is 39.9 Å². The van der Waals surface area contributed by atoms with Crippen LogP contribution in [-0.2, 0) is 41.1 Å². The Morgan fingerprint density at radius 1 is 1.20 bits per heavy atom. The van der Waals surface area contributed by atoms with Crippen molar-refractivity contribution in [1.82, 2.24) is 15.2 Å². The molecule has 6 rings (SSSR count). The number of epoxide rings is 1. The molecule has 0 spiro atoms. The number of allylic oxidation sites excluding steroid dienone is 3. The van der Waals surface area contributed by atoms with Gasteiger partial charge in [-0.15, -0.1) is 0 Å². The van der Waals surface area contributed by atoms with Gasteiger partial charge in [-0.3, -0.25) is 19.9 Å². The van der Waals surface area contributed by atoms with E-state index in [0.717, 1.165) is 35.3 Å². The number of carbonyl (C=O) groups is 4. The number of methoxy groups -OCH3 is 1. The van der Waals surface area contributed by atoms with Crippen LogP contribution < -0.4 is 16.0 Å². The van der Waals surface area contributed by atoms with Gasteiger partial charge in [0.2, 0.25) is 5.91 Å². The number of benzene rings is 2. The molecule has 0 saturated carbocycles. The molecule has 0 unspecified atom stereocenters. The number of hydrogen-bond donors (Lipinski definition) is 3. The number of hydrogen-bond acceptors (Lipinski definition) is 11. The van der Waals surface area contributed by atoms with Crippen LogP contribution in [0.3, 0.4) is 0 Å². The van der Waals surface area contributed by atoms with Crippen molar-refractivity contribution in [2.75, 3.05) is 31.8 Å². The van der Waals surface area contributed by atoms with E-state index in [1.165, 1.54) is 38.1 Å². The molecule has 2 fully saturated rings. The van der Waals surface area contributed by atoms with E-state index in [4.69, 9.17) is 36.3 Å². The number of ether oxygens (including phenoxy) is 4. The summed E-state index contributed by atoms with van der Waals surface area (Å²) in [7, 11) is 4.06. The molecule has 328 valence electrons. The van der Waals surface area contributed by atoms with E-state index in [0.29, 0.717) is 22.7 Å². The maximum atomic E-state index is 14.5. The Morgan fingerprint density at radius 2 is 1.90 bits per heavy atom. The van der Waals surface area contributed by atoms with Gasteiger partial charge in [-0.25, -0.2) is 9.59 Å². The van der Waals surface area contributed by atoms with Crippen LogP contribution >= 0.6 is 11.6 Å². The molecule has 18 heteroatoms. The van der Waals surface area contributed by atoms with Crippen LogP contribution in [0.25, 0.3) is 10.9 Å². The first-order valence-electron chi connectivity index (χ1n) is 19.5. The van der Waals surface area contributed by atoms with Crippen molar-refractivity contribution in [3.8, 4) is 0 Å². The fraction of sp³-hybridized carbons (Fsp3) is 0.465. The second kappa shape index (κ2) is 16.9. The topological polar surface area (TPSA) is 186 Å². The van der Waals surface area contributed by atoms with Gasteiger partial charge in [0.25, 0.3) is 5.91 Å². The van der Waals surface area contributed by atoms with Crippen molar-refractivity contribution in [3.63, 3.8) is 0 Å². The molecule has 3 aromatic rings. The lowest BCUT2D eigenvalue weighted by Crippen LogP contribution is -2.63. The molecule has 4 N–H and O–H groups in total. The number of aryl methyl sites for hydroxylation is 1. The minimum atomic E-state index is -4.99. The number of halogens is 4. The zero-order chi connectivity index (χ0) is 44.9. The number of aromatic nitrogens is 1. The fourth-order valence-corrected chi connectivity index (χ4v) is 8.32. The first-order chi connectivity index (χ1) is 28.5. The zero-order valence-electron chi connectivity index (χ0n) is 34.9. The predicted octanol–water partition coefficient (Wildman–Crippen LogP) is 6.28. The summed E-state index contributed by atoms with van der Waals surface area (Å²) >= 11 is 6.77. The summed E-state index contributed by atoms with van der Waals surface area (Å²) in [5.41, 5.74) is 3.32. The van der Waals surface area contributed by atoms with E-state index in [1.54, 1.807) is 39.0 Å². The number of rotatable bonds is 5. The van der Waals surface area contributed by atoms with E-state index in [9.17, 15) is 37.5 Å². The fourth-order valence-electron chi connectivity index (χ4n) is 8.08. The van der Waals surface area contributed by atoms with Crippen molar-refractivity contribution in [3.05, 3.63) is 87.6 Å². The number of nitrogens with two attached hydrogens (primary N) is 1. The minimum absolute atomic E-state index is 0.0777. The van der Waals surface area contributed by atoms with E-state index >= 15 is 0 Å². The molecular formula is C43H49ClF3N5O9. The highest BCUT2D eigenvalue weighted by Gasteiger charge is 2.64. The molecule has 0 radical (unpaired) electrons. The number of aliphatic hydroxyl groups is 1. The van der Waals surface area contributed by atoms with Crippen LogP contribution in [-0.4, -0.2) is 102 Å². The number of anilines is 2. The third-order valence-corrected chi connectivity index (χ3v) is 12.3. The Morgan fingerprint density at radius 3 is 2.57 bits per heavy atom. The number of alkyl halides is 3. The number of alkyl carbamates (subject to hydrolysis) is 1. The molecule has 2 aromatic carbocycles. The monoisotopic (exact) mass is 871 g/mol. The largest absolute Gasteiger partial charge is 0.457 e. The summed E-state index contributed by atoms with van der Waals surface area (Å²) in [4.78, 5) is 61.2. The van der Waals surface area contributed by atoms with Crippen molar-refractivity contribution < 1.29 is 56.4 Å². The Bertz CT molecular complexity index is 2320. The molecule has 61 heavy (non-hydrogen) atoms. The number of esters is 1. The Hall–Kier alpha value is -5.23. The third-order valence-electron chi connectivity index (χ3n) is 11.9. The lowest BCUT2D eigenvalue weighted by atomic mass is 9.83. The number of nitrogen functional groups attached to an aromatic ring is 1. The summed E-state index contributed by atoms with van der Waals surface area (Å²) in [6.07, 6.45) is -4.23. The standard InChI is InChI=1S/C43H49ClF3N5O9/c1-21-10-9-11-32(58-8)42(57)19-31(59-40(56)50-42)23(3)37-41(5,61-37)33(18-34(53)52(7)30-16-25(14-21)15-22(2)36(30)44)60-39(55)24(4)51(6)38(54)28-20-49-29-17-26(48)12-13-27(29)35(28)43(45,46)47/h9-13,15-17,20,23-24,31-33,37,57H,14,18-19,48H2,1-8H3,(H,50,56)/b11-9+,21-10+/t23-,24+,31+,32-,33+,37+,41+,42+/m1/s1. The SMILES string of the molecule is CO[C@@H]1/C=C/C=C(\C)Cc2cc(C)c(Cl)c(c2)N(C)C(=O)C[C@H](OC(=O)[C@H](C)N(C)C(=O)c2cnc3cc(N)ccc3c2C(F)(F)F)[C@]2(C)O[C@H]2[C@H](C)[C@@H]2C[C@@]1(O)NC(=O)O2. The van der Waals surface area contributed by atoms with Crippen molar-refractivity contribution in [1.29, 1.82) is 0 Å². The summed E-state index contributed by atoms with van der Waals surface area (Å²) < 4.78 is 67.2. The molecule has 8 atom stereocenters. The second-order valence-corrected chi connectivity index (χ2v) is 16.6. The average Bonchev–Trinajstić information content (AvgIpc) is 3.89. The van der Waals surface area contributed by atoms with E-state index in [-0.39, 0.29) is 23.0 Å². The highest BCUT2D eigenvalue weighted by molar-refractivity contribution is 6.34. The van der Waals surface area contributed by atoms with Crippen LogP contribution in [0.15, 0.2) is 60.3 Å². The number of pyridine rings is 1. The van der Waals surface area contributed by atoms with Crippen LogP contribution in [0.5, 0.6) is 0 Å². The summed E-state index contributed by atoms with van der Waals surface area (Å²) in [6, 6.07) is 5.82. The number of nitrogens with one attached hydrogen (secondary N) is 1. The number of carbonyl (C=O) groups excluding carboxylic acids is 4. The number of likely N-dealkylation sites (N-methyl/N-ethyl adjacent to an activating group) is 1. The lowest BCUT2D eigenvalue weighted by molar-refractivity contribution is -0.158. The Labute approximate surface area is 355 Å². The Kier molecular flexibility index (Phi) is 12.6. The molecule has 1 aromatic heterocycles. The van der Waals surface area contributed by atoms with Crippen LogP contribution in [0, 0.1) is 12.8 Å². The molecule has 2 saturated heterocycles. The van der Waals surface area contributed by atoms with E-state index < -0.39 is 95.3 Å². The van der Waals surface area contributed by atoms with Gasteiger partial charge < -0.3 is 39.6 Å². The van der Waals surface area contributed by atoms with Gasteiger partial charge in [-0.2, -0.15) is 13.2 Å². The van der Waals surface area contributed by atoms with Gasteiger partial charge in [0.15, 0.2) is 5.72 Å². The van der Waals surface area contributed by atoms with Crippen LogP contribution in [0.1, 0.15) is 67.6 Å². The molecule has 4 bridgehead atoms. The maximum Gasteiger partial charge on any atom is 0.417 e. The lowest BCUT2D eigenvalue weighted by Gasteiger charge is -2.42. The summed E-state index contributed by atoms with van der Waals surface area (Å²) in [5.74, 6) is -3.41. The summed E-state index contributed by atoms with van der Waals surface area (Å²) in [6.45, 7) is 8.30. The van der Waals surface area contributed by atoms with Crippen LogP contribution in [0.2, 0.25) is 5.02 Å². The van der Waals surface area contributed by atoms with Crippen molar-refractivity contribution >= 4 is 57.8 Å². The molecule has 4 heterocycles. The van der Waals surface area contributed by atoms with Gasteiger partial charge in [0, 0.05) is 50.8 Å². The first-order valence-corrected chi connectivity index (χ1v) is 19.9. The normalized spacial score (nSPS) is 29.0. The predicted molar refractivity (Wildman–Crippen MR) is 220 cm³/mol. The molecule has 0 aliphatic carbocycles. The second-order valence-electron chi connectivity index (χ2n) is 16.3. The number of amides is 3. The number of nitrogens with zero attached hydrogens (tertiary/aromatic N) is 3. The molecule has 3 amide bonds. The van der Waals surface area contributed by atoms with E-state index in [1.807, 2.05) is 19.1 Å². The van der Waals surface area contributed by atoms with Crippen molar-refractivity contribution in [2.24, 2.45) is 5.92 Å². The average molecular weight is 872 g/mol. The number of fused-ring (bicyclic) bond motifs is 6. The van der Waals surface area contributed by atoms with Gasteiger partial charge in [-0.05, 0) is 63.4 Å². The summed E-state index contributed by atoms with van der Waals surface area (Å²) in [5, 5.41) is 14.2. The molecule has 14 nitrogen and oxygen atoms in total. The quantitative estimate of drug-likeness (QED) is 0.149.